The predicted octanol–water partition coefficient (Wildman–Crippen LogP) is 3.65. The third kappa shape index (κ3) is 2.99. The zero-order valence-corrected chi connectivity index (χ0v) is 13.5. The maximum atomic E-state index is 4.64. The van der Waals surface area contributed by atoms with E-state index in [1.165, 1.54) is 41.5 Å². The predicted molar refractivity (Wildman–Crippen MR) is 92.3 cm³/mol. The second-order valence-corrected chi connectivity index (χ2v) is 6.46. The quantitative estimate of drug-likeness (QED) is 0.803. The smallest absolute Gasteiger partial charge is 0.125 e. The number of H-pyrrole nitrogens is 1. The highest BCUT2D eigenvalue weighted by Gasteiger charge is 2.23. The van der Waals surface area contributed by atoms with Gasteiger partial charge in [0.2, 0.25) is 0 Å². The van der Waals surface area contributed by atoms with Crippen LogP contribution in [0.4, 0.5) is 0 Å². The summed E-state index contributed by atoms with van der Waals surface area (Å²) in [6, 6.07) is 10.8. The van der Waals surface area contributed by atoms with Crippen molar-refractivity contribution in [1.82, 2.24) is 19.9 Å². The highest BCUT2D eigenvalue weighted by Crippen LogP contribution is 2.27. The summed E-state index contributed by atoms with van der Waals surface area (Å²) < 4.78 is 0. The fraction of sp³-hybridized carbons (Fsp3) is 0.368. The average molecular weight is 306 g/mol. The van der Waals surface area contributed by atoms with Gasteiger partial charge in [0.05, 0.1) is 0 Å². The van der Waals surface area contributed by atoms with Crippen molar-refractivity contribution in [3.05, 3.63) is 59.8 Å². The molecule has 2 aromatic heterocycles. The first kappa shape index (κ1) is 14.4. The van der Waals surface area contributed by atoms with Crippen molar-refractivity contribution in [2.75, 3.05) is 13.1 Å². The van der Waals surface area contributed by atoms with E-state index in [1.54, 1.807) is 0 Å². The third-order valence-corrected chi connectivity index (χ3v) is 4.80. The van der Waals surface area contributed by atoms with Crippen molar-refractivity contribution in [2.45, 2.75) is 32.2 Å². The molecule has 1 aliphatic rings. The lowest BCUT2D eigenvalue weighted by molar-refractivity contribution is 0.199. The van der Waals surface area contributed by atoms with Gasteiger partial charge in [-0.3, -0.25) is 4.90 Å². The van der Waals surface area contributed by atoms with E-state index in [-0.39, 0.29) is 0 Å². The number of piperidine rings is 1. The van der Waals surface area contributed by atoms with Gasteiger partial charge in [0.1, 0.15) is 5.82 Å². The Morgan fingerprint density at radius 3 is 3.13 bits per heavy atom. The molecular formula is C19H22N4. The summed E-state index contributed by atoms with van der Waals surface area (Å²) in [5, 5.41) is 1.34. The van der Waals surface area contributed by atoms with Gasteiger partial charge < -0.3 is 4.98 Å². The van der Waals surface area contributed by atoms with Crippen LogP contribution < -0.4 is 0 Å². The zero-order valence-electron chi connectivity index (χ0n) is 13.5. The maximum Gasteiger partial charge on any atom is 0.125 e. The summed E-state index contributed by atoms with van der Waals surface area (Å²) in [5.41, 5.74) is 3.83. The summed E-state index contributed by atoms with van der Waals surface area (Å²) in [4.78, 5) is 14.7. The molecule has 0 aliphatic carbocycles. The lowest BCUT2D eigenvalue weighted by Gasteiger charge is -2.32. The van der Waals surface area contributed by atoms with Crippen molar-refractivity contribution < 1.29 is 0 Å². The zero-order chi connectivity index (χ0) is 15.6. The molecule has 0 amide bonds. The van der Waals surface area contributed by atoms with Gasteiger partial charge in [0, 0.05) is 48.0 Å². The summed E-state index contributed by atoms with van der Waals surface area (Å²) in [7, 11) is 0. The first-order valence-corrected chi connectivity index (χ1v) is 8.36. The summed E-state index contributed by atoms with van der Waals surface area (Å²) in [6.45, 7) is 5.23. The van der Waals surface area contributed by atoms with E-state index in [4.69, 9.17) is 0 Å². The molecule has 0 saturated carbocycles. The highest BCUT2D eigenvalue weighted by atomic mass is 15.1. The molecule has 4 rings (SSSR count). The van der Waals surface area contributed by atoms with E-state index >= 15 is 0 Å². The van der Waals surface area contributed by atoms with Gasteiger partial charge in [0.25, 0.3) is 0 Å². The number of likely N-dealkylation sites (tertiary alicyclic amines) is 1. The Hall–Kier alpha value is -2.20. The van der Waals surface area contributed by atoms with Crippen LogP contribution in [0.5, 0.6) is 0 Å². The van der Waals surface area contributed by atoms with Gasteiger partial charge in [-0.1, -0.05) is 12.1 Å². The molecule has 1 aliphatic heterocycles. The minimum absolute atomic E-state index is 0.524. The molecule has 1 aromatic carbocycles. The van der Waals surface area contributed by atoms with Crippen LogP contribution in [0.3, 0.4) is 0 Å². The number of hydrogen-bond acceptors (Lipinski definition) is 3. The Morgan fingerprint density at radius 2 is 2.22 bits per heavy atom. The van der Waals surface area contributed by atoms with Gasteiger partial charge in [0.15, 0.2) is 0 Å². The number of aryl methyl sites for hydroxylation is 1. The van der Waals surface area contributed by atoms with Crippen molar-refractivity contribution in [3.63, 3.8) is 0 Å². The van der Waals surface area contributed by atoms with Gasteiger partial charge in [-0.2, -0.15) is 0 Å². The van der Waals surface area contributed by atoms with Crippen LogP contribution in [0, 0.1) is 6.92 Å². The largest absolute Gasteiger partial charge is 0.361 e. The Labute approximate surface area is 136 Å². The number of aromatic nitrogens is 3. The molecule has 118 valence electrons. The molecule has 1 N–H and O–H groups in total. The lowest BCUT2D eigenvalue weighted by Crippen LogP contribution is -2.34. The van der Waals surface area contributed by atoms with Crippen LogP contribution in [0.15, 0.2) is 42.7 Å². The molecule has 0 radical (unpaired) electrons. The molecular weight excluding hydrogens is 284 g/mol. The van der Waals surface area contributed by atoms with E-state index in [0.29, 0.717) is 5.92 Å². The van der Waals surface area contributed by atoms with Crippen LogP contribution in [0.25, 0.3) is 10.9 Å². The lowest BCUT2D eigenvalue weighted by atomic mass is 9.94. The van der Waals surface area contributed by atoms with Crippen LogP contribution >= 0.6 is 0 Å². The van der Waals surface area contributed by atoms with Crippen LogP contribution in [-0.2, 0) is 6.54 Å². The summed E-state index contributed by atoms with van der Waals surface area (Å²) >= 11 is 0. The van der Waals surface area contributed by atoms with E-state index in [2.05, 4.69) is 50.2 Å². The first-order chi connectivity index (χ1) is 11.3. The minimum atomic E-state index is 0.524. The Kier molecular flexibility index (Phi) is 3.83. The van der Waals surface area contributed by atoms with Crippen molar-refractivity contribution >= 4 is 10.9 Å². The van der Waals surface area contributed by atoms with Gasteiger partial charge in [-0.25, -0.2) is 9.97 Å². The van der Waals surface area contributed by atoms with E-state index in [1.807, 2.05) is 19.3 Å². The fourth-order valence-corrected chi connectivity index (χ4v) is 3.67. The Morgan fingerprint density at radius 1 is 1.26 bits per heavy atom. The molecule has 1 fully saturated rings. The monoisotopic (exact) mass is 306 g/mol. The molecule has 1 saturated heterocycles. The SMILES string of the molecule is Cc1nccc(C2CCCN(Cc3cccc4[nH]ccc34)C2)n1. The molecule has 0 spiro atoms. The highest BCUT2D eigenvalue weighted by molar-refractivity contribution is 5.82. The summed E-state index contributed by atoms with van der Waals surface area (Å²) in [6.07, 6.45) is 6.37. The molecule has 4 nitrogen and oxygen atoms in total. The van der Waals surface area contributed by atoms with Crippen LogP contribution in [-0.4, -0.2) is 32.9 Å². The number of rotatable bonds is 3. The van der Waals surface area contributed by atoms with Crippen molar-refractivity contribution in [3.8, 4) is 0 Å². The van der Waals surface area contributed by atoms with Gasteiger partial charge in [-0.05, 0) is 50.1 Å². The molecule has 4 heteroatoms. The number of benzene rings is 1. The molecule has 3 heterocycles. The number of aromatic amines is 1. The summed E-state index contributed by atoms with van der Waals surface area (Å²) in [5.74, 6) is 1.40. The Bertz CT molecular complexity index is 808. The fourth-order valence-electron chi connectivity index (χ4n) is 3.67. The molecule has 3 aromatic rings. The number of nitrogens with zero attached hydrogens (tertiary/aromatic N) is 3. The maximum absolute atomic E-state index is 4.64. The van der Waals surface area contributed by atoms with E-state index in [0.717, 1.165) is 18.9 Å². The standard InChI is InChI=1S/C19H22N4/c1-14-20-10-8-18(22-14)16-5-3-11-23(13-16)12-15-4-2-6-19-17(15)7-9-21-19/h2,4,6-10,16,21H,3,5,11-13H2,1H3. The molecule has 1 unspecified atom stereocenters. The minimum Gasteiger partial charge on any atom is -0.361 e. The molecule has 0 bridgehead atoms. The van der Waals surface area contributed by atoms with Crippen molar-refractivity contribution in [1.29, 1.82) is 0 Å². The third-order valence-electron chi connectivity index (χ3n) is 4.80. The molecule has 23 heavy (non-hydrogen) atoms. The topological polar surface area (TPSA) is 44.8 Å². The van der Waals surface area contributed by atoms with Gasteiger partial charge in [-0.15, -0.1) is 0 Å². The first-order valence-electron chi connectivity index (χ1n) is 8.36. The number of hydrogen-bond donors (Lipinski definition) is 1. The van der Waals surface area contributed by atoms with Crippen LogP contribution in [0.2, 0.25) is 0 Å². The number of nitrogens with one attached hydrogen (secondary N) is 1. The second-order valence-electron chi connectivity index (χ2n) is 6.46. The van der Waals surface area contributed by atoms with Gasteiger partial charge >= 0.3 is 0 Å². The second kappa shape index (κ2) is 6.13. The van der Waals surface area contributed by atoms with E-state index in [9.17, 15) is 0 Å². The van der Waals surface area contributed by atoms with Crippen LogP contribution in [0.1, 0.15) is 35.8 Å². The number of fused-ring (bicyclic) bond motifs is 1. The van der Waals surface area contributed by atoms with E-state index < -0.39 is 0 Å². The normalized spacial score (nSPS) is 19.3. The van der Waals surface area contributed by atoms with Crippen molar-refractivity contribution in [2.24, 2.45) is 0 Å². The molecule has 1 atom stereocenters. The average Bonchev–Trinajstić information content (AvgIpc) is 3.05. The Balaban J connectivity index is 1.52.